The molecule has 8 atom stereocenters. The van der Waals surface area contributed by atoms with E-state index in [1.54, 1.807) is 0 Å². The molecule has 8 unspecified atom stereocenters. The minimum atomic E-state index is 0.420. The summed E-state index contributed by atoms with van der Waals surface area (Å²) in [4.78, 5) is 0. The molecule has 0 aromatic carbocycles. The van der Waals surface area contributed by atoms with E-state index < -0.39 is 0 Å². The molecule has 3 saturated carbocycles. The summed E-state index contributed by atoms with van der Waals surface area (Å²) in [6, 6.07) is 0. The zero-order valence-electron chi connectivity index (χ0n) is 9.38. The van der Waals surface area contributed by atoms with Gasteiger partial charge in [-0.3, -0.25) is 0 Å². The molecule has 5 aliphatic rings. The molecule has 3 heteroatoms. The molecule has 3 nitrogen and oxygen atoms in total. The van der Waals surface area contributed by atoms with Crippen LogP contribution in [0, 0.1) is 23.7 Å². The molecule has 0 aromatic rings. The highest BCUT2D eigenvalue weighted by molar-refractivity contribution is 5.14. The first kappa shape index (κ1) is 8.90. The third-order valence-corrected chi connectivity index (χ3v) is 5.59. The standard InChI is InChI=1S/C13H18O3/c1-6-2-10(15-5-7-4-14-7)9(1)12-8(6)3-11-13(12)16-11/h6-13H,1-5H2. The lowest BCUT2D eigenvalue weighted by Crippen LogP contribution is -2.34. The smallest absolute Gasteiger partial charge is 0.104 e. The molecule has 2 bridgehead atoms. The molecule has 5 fully saturated rings. The molecule has 0 spiro atoms. The molecule has 2 saturated heterocycles. The largest absolute Gasteiger partial charge is 0.375 e. The summed E-state index contributed by atoms with van der Waals surface area (Å²) in [5.41, 5.74) is 0. The summed E-state index contributed by atoms with van der Waals surface area (Å²) < 4.78 is 17.0. The molecule has 0 radical (unpaired) electrons. The van der Waals surface area contributed by atoms with E-state index in [9.17, 15) is 0 Å². The van der Waals surface area contributed by atoms with E-state index in [1.807, 2.05) is 0 Å². The van der Waals surface area contributed by atoms with Crippen LogP contribution in [-0.4, -0.2) is 37.6 Å². The first-order valence-corrected chi connectivity index (χ1v) is 6.79. The third-order valence-electron chi connectivity index (χ3n) is 5.59. The van der Waals surface area contributed by atoms with Crippen molar-refractivity contribution in [2.45, 2.75) is 43.7 Å². The fraction of sp³-hybridized carbons (Fsp3) is 1.00. The van der Waals surface area contributed by atoms with E-state index in [1.165, 1.54) is 19.3 Å². The van der Waals surface area contributed by atoms with Gasteiger partial charge in [0, 0.05) is 0 Å². The number of epoxide rings is 2. The van der Waals surface area contributed by atoms with E-state index in [4.69, 9.17) is 14.2 Å². The number of hydrogen-bond acceptors (Lipinski definition) is 3. The Hall–Kier alpha value is -0.120. The average Bonchev–Trinajstić information content (AvgIpc) is 3.15. The van der Waals surface area contributed by atoms with Gasteiger partial charge in [0.25, 0.3) is 0 Å². The molecule has 0 aromatic heterocycles. The van der Waals surface area contributed by atoms with Crippen molar-refractivity contribution in [2.24, 2.45) is 23.7 Å². The Morgan fingerprint density at radius 2 is 2.06 bits per heavy atom. The van der Waals surface area contributed by atoms with Gasteiger partial charge in [0.1, 0.15) is 6.10 Å². The highest BCUT2D eigenvalue weighted by atomic mass is 16.6. The molecule has 2 aliphatic heterocycles. The Bertz CT molecular complexity index is 327. The van der Waals surface area contributed by atoms with Crippen LogP contribution < -0.4 is 0 Å². The Balaban J connectivity index is 1.32. The van der Waals surface area contributed by atoms with Gasteiger partial charge in [-0.1, -0.05) is 0 Å². The summed E-state index contributed by atoms with van der Waals surface area (Å²) in [5, 5.41) is 0. The second kappa shape index (κ2) is 2.82. The molecule has 16 heavy (non-hydrogen) atoms. The number of hydrogen-bond donors (Lipinski definition) is 0. The third kappa shape index (κ3) is 1.09. The monoisotopic (exact) mass is 222 g/mol. The van der Waals surface area contributed by atoms with Crippen molar-refractivity contribution < 1.29 is 14.2 Å². The van der Waals surface area contributed by atoms with E-state index in [-0.39, 0.29) is 0 Å². The maximum absolute atomic E-state index is 6.06. The van der Waals surface area contributed by atoms with Crippen LogP contribution in [0.25, 0.3) is 0 Å². The van der Waals surface area contributed by atoms with E-state index in [2.05, 4.69) is 0 Å². The summed E-state index contributed by atoms with van der Waals surface area (Å²) in [6.45, 7) is 1.75. The zero-order chi connectivity index (χ0) is 10.3. The van der Waals surface area contributed by atoms with Crippen LogP contribution in [0.2, 0.25) is 0 Å². The van der Waals surface area contributed by atoms with Crippen molar-refractivity contribution in [2.75, 3.05) is 13.2 Å². The van der Waals surface area contributed by atoms with Gasteiger partial charge in [-0.15, -0.1) is 0 Å². The Morgan fingerprint density at radius 1 is 1.12 bits per heavy atom. The predicted octanol–water partition coefficient (Wildman–Crippen LogP) is 1.21. The minimum Gasteiger partial charge on any atom is -0.375 e. The van der Waals surface area contributed by atoms with Gasteiger partial charge >= 0.3 is 0 Å². The maximum atomic E-state index is 6.06. The normalized spacial score (nSPS) is 64.5. The molecule has 0 N–H and O–H groups in total. The SMILES string of the molecule is C1OC1COC1CC2CC1C1C2CC2OC21. The second-order valence-corrected chi connectivity index (χ2v) is 6.34. The highest BCUT2D eigenvalue weighted by Crippen LogP contribution is 2.64. The lowest BCUT2D eigenvalue weighted by Gasteiger charge is -2.32. The molecule has 0 amide bonds. The van der Waals surface area contributed by atoms with Gasteiger partial charge in [-0.05, 0) is 42.9 Å². The lowest BCUT2D eigenvalue weighted by molar-refractivity contribution is -0.0276. The lowest BCUT2D eigenvalue weighted by atomic mass is 9.79. The molecular formula is C13H18O3. The van der Waals surface area contributed by atoms with Gasteiger partial charge in [-0.25, -0.2) is 0 Å². The Morgan fingerprint density at radius 3 is 2.94 bits per heavy atom. The molecular weight excluding hydrogens is 204 g/mol. The van der Waals surface area contributed by atoms with Crippen LogP contribution in [0.1, 0.15) is 19.3 Å². The van der Waals surface area contributed by atoms with Gasteiger partial charge in [-0.2, -0.15) is 0 Å². The van der Waals surface area contributed by atoms with Crippen molar-refractivity contribution >= 4 is 0 Å². The van der Waals surface area contributed by atoms with E-state index in [0.29, 0.717) is 24.4 Å². The van der Waals surface area contributed by atoms with Crippen molar-refractivity contribution in [1.29, 1.82) is 0 Å². The van der Waals surface area contributed by atoms with Crippen LogP contribution in [0.15, 0.2) is 0 Å². The van der Waals surface area contributed by atoms with E-state index in [0.717, 1.165) is 36.9 Å². The van der Waals surface area contributed by atoms with Crippen LogP contribution in [-0.2, 0) is 14.2 Å². The van der Waals surface area contributed by atoms with Crippen LogP contribution in [0.4, 0.5) is 0 Å². The van der Waals surface area contributed by atoms with Gasteiger partial charge < -0.3 is 14.2 Å². The second-order valence-electron chi connectivity index (χ2n) is 6.34. The Kier molecular flexibility index (Phi) is 1.57. The molecule has 3 aliphatic carbocycles. The van der Waals surface area contributed by atoms with Gasteiger partial charge in [0.2, 0.25) is 0 Å². The minimum absolute atomic E-state index is 0.420. The fourth-order valence-corrected chi connectivity index (χ4v) is 4.83. The summed E-state index contributed by atoms with van der Waals surface area (Å²) in [6.07, 6.45) is 6.31. The summed E-state index contributed by atoms with van der Waals surface area (Å²) >= 11 is 0. The van der Waals surface area contributed by atoms with Crippen molar-refractivity contribution in [3.63, 3.8) is 0 Å². The topological polar surface area (TPSA) is 34.3 Å². The van der Waals surface area contributed by atoms with Crippen LogP contribution >= 0.6 is 0 Å². The van der Waals surface area contributed by atoms with Crippen LogP contribution in [0.3, 0.4) is 0 Å². The first-order chi connectivity index (χ1) is 7.90. The van der Waals surface area contributed by atoms with Crippen molar-refractivity contribution in [1.82, 2.24) is 0 Å². The summed E-state index contributed by atoms with van der Waals surface area (Å²) in [5.74, 6) is 3.61. The zero-order valence-corrected chi connectivity index (χ0v) is 9.38. The first-order valence-electron chi connectivity index (χ1n) is 6.79. The number of ether oxygens (including phenoxy) is 3. The quantitative estimate of drug-likeness (QED) is 0.673. The van der Waals surface area contributed by atoms with Crippen molar-refractivity contribution in [3.05, 3.63) is 0 Å². The Labute approximate surface area is 95.4 Å². The molecule has 2 heterocycles. The number of rotatable bonds is 3. The predicted molar refractivity (Wildman–Crippen MR) is 56.0 cm³/mol. The molecule has 88 valence electrons. The maximum Gasteiger partial charge on any atom is 0.104 e. The highest BCUT2D eigenvalue weighted by Gasteiger charge is 2.66. The van der Waals surface area contributed by atoms with Crippen molar-refractivity contribution in [3.8, 4) is 0 Å². The molecule has 5 rings (SSSR count). The van der Waals surface area contributed by atoms with Gasteiger partial charge in [0.05, 0.1) is 31.5 Å². The summed E-state index contributed by atoms with van der Waals surface area (Å²) in [7, 11) is 0. The fourth-order valence-electron chi connectivity index (χ4n) is 4.83. The average molecular weight is 222 g/mol. The number of fused-ring (bicyclic) bond motifs is 7. The van der Waals surface area contributed by atoms with E-state index >= 15 is 0 Å². The van der Waals surface area contributed by atoms with Gasteiger partial charge in [0.15, 0.2) is 0 Å². The van der Waals surface area contributed by atoms with Crippen LogP contribution in [0.5, 0.6) is 0 Å².